The number of anilines is 1. The molecule has 0 saturated heterocycles. The number of hydrogen-bond acceptors (Lipinski definition) is 5. The van der Waals surface area contributed by atoms with Gasteiger partial charge in [0.2, 0.25) is 0 Å². The normalized spacial score (nSPS) is 23.5. The van der Waals surface area contributed by atoms with Crippen molar-refractivity contribution in [2.45, 2.75) is 50.4 Å². The zero-order chi connectivity index (χ0) is 22.6. The number of phenolic OH excluding ortho intramolecular Hbond substituents is 1. The van der Waals surface area contributed by atoms with Gasteiger partial charge in [-0.3, -0.25) is 0 Å². The van der Waals surface area contributed by atoms with Crippen molar-refractivity contribution in [2.75, 3.05) is 5.32 Å². The zero-order valence-electron chi connectivity index (χ0n) is 17.0. The smallest absolute Gasteiger partial charge is 0.419 e. The van der Waals surface area contributed by atoms with Crippen LogP contribution >= 0.6 is 0 Å². The van der Waals surface area contributed by atoms with E-state index >= 15 is 0 Å². The van der Waals surface area contributed by atoms with Crippen molar-refractivity contribution in [3.63, 3.8) is 0 Å². The number of aromatic hydroxyl groups is 1. The molecule has 1 aliphatic rings. The third kappa shape index (κ3) is 3.26. The SMILES string of the molecule is CCC1CC(O)(C(F)(F)F)C(Nc2cccc3c(=O)occc23)c2ccc(C)c(O)c21. The summed E-state index contributed by atoms with van der Waals surface area (Å²) < 4.78 is 47.5. The molecular weight excluding hydrogens is 411 g/mol. The van der Waals surface area contributed by atoms with Crippen molar-refractivity contribution in [1.29, 1.82) is 0 Å². The van der Waals surface area contributed by atoms with Crippen LogP contribution in [0.15, 0.2) is 51.9 Å². The van der Waals surface area contributed by atoms with Crippen LogP contribution in [0.3, 0.4) is 0 Å². The number of alkyl halides is 3. The molecule has 3 unspecified atom stereocenters. The third-order valence-electron chi connectivity index (χ3n) is 6.23. The van der Waals surface area contributed by atoms with Gasteiger partial charge in [0.1, 0.15) is 5.75 Å². The molecule has 2 aromatic carbocycles. The van der Waals surface area contributed by atoms with Crippen LogP contribution in [0.2, 0.25) is 0 Å². The molecule has 3 aromatic rings. The van der Waals surface area contributed by atoms with Gasteiger partial charge in [-0.25, -0.2) is 4.79 Å². The van der Waals surface area contributed by atoms with Crippen LogP contribution in [0.1, 0.15) is 48.4 Å². The molecule has 0 amide bonds. The average Bonchev–Trinajstić information content (AvgIpc) is 2.72. The standard InChI is InChI=1S/C23H22F3NO4/c1-3-13-11-22(30,23(24,25)26)20(16-8-7-12(2)19(28)18(13)16)27-17-6-4-5-15-14(17)9-10-31-21(15)29/h4-10,13,20,27-28,30H,3,11H2,1-2H3. The predicted molar refractivity (Wildman–Crippen MR) is 110 cm³/mol. The highest BCUT2D eigenvalue weighted by Crippen LogP contribution is 2.55. The van der Waals surface area contributed by atoms with Crippen LogP contribution in [0.4, 0.5) is 18.9 Å². The molecular formula is C23H22F3NO4. The van der Waals surface area contributed by atoms with E-state index in [0.29, 0.717) is 22.9 Å². The van der Waals surface area contributed by atoms with Gasteiger partial charge < -0.3 is 19.9 Å². The Morgan fingerprint density at radius 2 is 1.94 bits per heavy atom. The molecule has 164 valence electrons. The van der Waals surface area contributed by atoms with E-state index in [9.17, 15) is 28.2 Å². The molecule has 3 atom stereocenters. The Kier molecular flexibility index (Phi) is 5.00. The minimum Gasteiger partial charge on any atom is -0.507 e. The summed E-state index contributed by atoms with van der Waals surface area (Å²) in [5.74, 6) is -0.724. The molecule has 1 aromatic heterocycles. The van der Waals surface area contributed by atoms with Crippen molar-refractivity contribution < 1.29 is 27.8 Å². The van der Waals surface area contributed by atoms with Crippen molar-refractivity contribution in [3.05, 3.63) is 69.8 Å². The second kappa shape index (κ2) is 7.30. The largest absolute Gasteiger partial charge is 0.507 e. The minimum atomic E-state index is -4.93. The Labute approximate surface area is 176 Å². The fourth-order valence-electron chi connectivity index (χ4n) is 4.52. The summed E-state index contributed by atoms with van der Waals surface area (Å²) in [6, 6.07) is 7.53. The molecule has 0 bridgehead atoms. The van der Waals surface area contributed by atoms with E-state index in [4.69, 9.17) is 4.42 Å². The van der Waals surface area contributed by atoms with Crippen molar-refractivity contribution >= 4 is 16.5 Å². The first kappa shape index (κ1) is 21.2. The van der Waals surface area contributed by atoms with Gasteiger partial charge >= 0.3 is 11.8 Å². The maximum Gasteiger partial charge on any atom is 0.419 e. The summed E-state index contributed by atoms with van der Waals surface area (Å²) in [5, 5.41) is 25.1. The molecule has 0 aliphatic heterocycles. The number of benzene rings is 2. The number of hydrogen-bond donors (Lipinski definition) is 3. The lowest BCUT2D eigenvalue weighted by Crippen LogP contribution is -2.55. The van der Waals surface area contributed by atoms with Crippen molar-refractivity contribution in [2.24, 2.45) is 0 Å². The summed E-state index contributed by atoms with van der Waals surface area (Å²) in [6.07, 6.45) is -4.03. The molecule has 8 heteroatoms. The molecule has 0 saturated carbocycles. The molecule has 0 radical (unpaired) electrons. The number of nitrogens with one attached hydrogen (secondary N) is 1. The predicted octanol–water partition coefficient (Wildman–Crippen LogP) is 5.15. The van der Waals surface area contributed by atoms with Gasteiger partial charge in [0, 0.05) is 16.6 Å². The Hall–Kier alpha value is -3.00. The van der Waals surface area contributed by atoms with Gasteiger partial charge in [-0.1, -0.05) is 25.1 Å². The molecule has 4 rings (SSSR count). The van der Waals surface area contributed by atoms with Crippen LogP contribution in [0.5, 0.6) is 5.75 Å². The molecule has 5 nitrogen and oxygen atoms in total. The second-order valence-corrected chi connectivity index (χ2v) is 8.02. The molecule has 1 heterocycles. The van der Waals surface area contributed by atoms with Gasteiger partial charge in [-0.2, -0.15) is 13.2 Å². The number of aryl methyl sites for hydroxylation is 1. The summed E-state index contributed by atoms with van der Waals surface area (Å²) >= 11 is 0. The van der Waals surface area contributed by atoms with Crippen molar-refractivity contribution in [3.8, 4) is 5.75 Å². The van der Waals surface area contributed by atoms with Crippen LogP contribution in [0.25, 0.3) is 10.8 Å². The van der Waals surface area contributed by atoms with E-state index in [2.05, 4.69) is 5.32 Å². The van der Waals surface area contributed by atoms with E-state index < -0.39 is 35.8 Å². The molecule has 3 N–H and O–H groups in total. The van der Waals surface area contributed by atoms with E-state index in [-0.39, 0.29) is 22.4 Å². The molecule has 0 spiro atoms. The van der Waals surface area contributed by atoms with E-state index in [0.717, 1.165) is 0 Å². The lowest BCUT2D eigenvalue weighted by molar-refractivity contribution is -0.272. The van der Waals surface area contributed by atoms with Gasteiger partial charge in [-0.15, -0.1) is 0 Å². The number of fused-ring (bicyclic) bond motifs is 2. The van der Waals surface area contributed by atoms with E-state index in [1.54, 1.807) is 13.8 Å². The van der Waals surface area contributed by atoms with Crippen LogP contribution < -0.4 is 10.9 Å². The fraction of sp³-hybridized carbons (Fsp3) is 0.348. The lowest BCUT2D eigenvalue weighted by Gasteiger charge is -2.46. The first-order chi connectivity index (χ1) is 14.6. The van der Waals surface area contributed by atoms with Gasteiger partial charge in [0.25, 0.3) is 0 Å². The number of aliphatic hydroxyl groups is 1. The Morgan fingerprint density at radius 1 is 1.19 bits per heavy atom. The third-order valence-corrected chi connectivity index (χ3v) is 6.23. The molecule has 0 fully saturated rings. The number of rotatable bonds is 3. The van der Waals surface area contributed by atoms with Gasteiger partial charge in [0.15, 0.2) is 5.60 Å². The van der Waals surface area contributed by atoms with Crippen LogP contribution in [-0.4, -0.2) is 22.0 Å². The summed E-state index contributed by atoms with van der Waals surface area (Å²) in [4.78, 5) is 12.0. The quantitative estimate of drug-likeness (QED) is 0.532. The van der Waals surface area contributed by atoms with E-state index in [1.165, 1.54) is 42.7 Å². The Morgan fingerprint density at radius 3 is 2.61 bits per heavy atom. The van der Waals surface area contributed by atoms with Gasteiger partial charge in [-0.05, 0) is 55.0 Å². The number of halogens is 3. The minimum absolute atomic E-state index is 0.0565. The highest BCUT2D eigenvalue weighted by atomic mass is 19.4. The first-order valence-electron chi connectivity index (χ1n) is 9.97. The molecule has 1 aliphatic carbocycles. The van der Waals surface area contributed by atoms with Gasteiger partial charge in [0.05, 0.1) is 17.7 Å². The number of phenols is 1. The van der Waals surface area contributed by atoms with Crippen LogP contribution in [-0.2, 0) is 0 Å². The highest BCUT2D eigenvalue weighted by Gasteiger charge is 2.62. The topological polar surface area (TPSA) is 82.7 Å². The first-order valence-corrected chi connectivity index (χ1v) is 9.97. The Bertz CT molecular complexity index is 1200. The van der Waals surface area contributed by atoms with Crippen LogP contribution in [0, 0.1) is 6.92 Å². The molecule has 31 heavy (non-hydrogen) atoms. The lowest BCUT2D eigenvalue weighted by atomic mass is 9.68. The van der Waals surface area contributed by atoms with E-state index in [1.807, 2.05) is 0 Å². The Balaban J connectivity index is 1.95. The summed E-state index contributed by atoms with van der Waals surface area (Å²) in [6.45, 7) is 3.41. The maximum absolute atomic E-state index is 14.2. The fourth-order valence-corrected chi connectivity index (χ4v) is 4.52. The summed E-state index contributed by atoms with van der Waals surface area (Å²) in [7, 11) is 0. The zero-order valence-corrected chi connectivity index (χ0v) is 17.0. The highest BCUT2D eigenvalue weighted by molar-refractivity contribution is 5.93. The van der Waals surface area contributed by atoms with Crippen molar-refractivity contribution in [1.82, 2.24) is 0 Å². The average molecular weight is 433 g/mol. The summed E-state index contributed by atoms with van der Waals surface area (Å²) in [5.41, 5.74) is -2.30. The monoisotopic (exact) mass is 433 g/mol. The maximum atomic E-state index is 14.2. The second-order valence-electron chi connectivity index (χ2n) is 8.02.